The van der Waals surface area contributed by atoms with E-state index in [0.717, 1.165) is 28.5 Å². The first-order chi connectivity index (χ1) is 12.4. The number of nitrogens with zero attached hydrogens (tertiary/aromatic N) is 2. The Morgan fingerprint density at radius 3 is 2.50 bits per heavy atom. The summed E-state index contributed by atoms with van der Waals surface area (Å²) in [6.45, 7) is 8.38. The number of benzene rings is 1. The van der Waals surface area contributed by atoms with E-state index >= 15 is 0 Å². The third kappa shape index (κ3) is 3.87. The average Bonchev–Trinajstić information content (AvgIpc) is 3.22. The normalized spacial score (nSPS) is 11.5. The highest BCUT2D eigenvalue weighted by Gasteiger charge is 2.25. The highest BCUT2D eigenvalue weighted by molar-refractivity contribution is 5.91. The van der Waals surface area contributed by atoms with Crippen LogP contribution in [0.5, 0.6) is 0 Å². The Bertz CT molecular complexity index is 872. The Morgan fingerprint density at radius 2 is 1.88 bits per heavy atom. The second kappa shape index (κ2) is 7.20. The van der Waals surface area contributed by atoms with E-state index in [9.17, 15) is 4.79 Å². The van der Waals surface area contributed by atoms with Gasteiger partial charge in [0.15, 0.2) is 0 Å². The molecular formula is C21H25N3O2. The Labute approximate surface area is 154 Å². The number of aryl methyl sites for hydroxylation is 1. The summed E-state index contributed by atoms with van der Waals surface area (Å²) in [7, 11) is 0. The van der Waals surface area contributed by atoms with Gasteiger partial charge in [-0.1, -0.05) is 39.0 Å². The average molecular weight is 351 g/mol. The zero-order valence-corrected chi connectivity index (χ0v) is 15.7. The highest BCUT2D eigenvalue weighted by Crippen LogP contribution is 2.31. The lowest BCUT2D eigenvalue weighted by Gasteiger charge is -2.16. The van der Waals surface area contributed by atoms with Crippen molar-refractivity contribution in [3.8, 4) is 5.69 Å². The number of furan rings is 1. The second-order valence-corrected chi connectivity index (χ2v) is 7.45. The van der Waals surface area contributed by atoms with E-state index in [1.807, 2.05) is 54.1 Å². The summed E-state index contributed by atoms with van der Waals surface area (Å²) in [5.74, 6) is 1.48. The molecule has 136 valence electrons. The van der Waals surface area contributed by atoms with E-state index in [2.05, 4.69) is 26.1 Å². The first kappa shape index (κ1) is 18.0. The molecule has 5 nitrogen and oxygen atoms in total. The number of amides is 1. The fourth-order valence-corrected chi connectivity index (χ4v) is 3.00. The topological polar surface area (TPSA) is 60.1 Å². The van der Waals surface area contributed by atoms with Crippen LogP contribution in [0.15, 0.2) is 53.1 Å². The van der Waals surface area contributed by atoms with Crippen molar-refractivity contribution >= 4 is 11.7 Å². The van der Waals surface area contributed by atoms with Crippen molar-refractivity contribution in [1.82, 2.24) is 9.78 Å². The van der Waals surface area contributed by atoms with Gasteiger partial charge in [-0.3, -0.25) is 4.79 Å². The van der Waals surface area contributed by atoms with Gasteiger partial charge in [0, 0.05) is 23.8 Å². The summed E-state index contributed by atoms with van der Waals surface area (Å²) in [5, 5.41) is 7.85. The molecule has 1 aromatic carbocycles. The highest BCUT2D eigenvalue weighted by atomic mass is 16.3. The molecule has 2 heterocycles. The van der Waals surface area contributed by atoms with Crippen LogP contribution in [0.25, 0.3) is 5.69 Å². The third-order valence-corrected chi connectivity index (χ3v) is 4.27. The molecular weight excluding hydrogens is 326 g/mol. The van der Waals surface area contributed by atoms with Crippen molar-refractivity contribution in [1.29, 1.82) is 0 Å². The van der Waals surface area contributed by atoms with Gasteiger partial charge < -0.3 is 9.73 Å². The van der Waals surface area contributed by atoms with E-state index < -0.39 is 0 Å². The predicted molar refractivity (Wildman–Crippen MR) is 103 cm³/mol. The Balaban J connectivity index is 1.89. The maximum Gasteiger partial charge on any atom is 0.225 e. The molecule has 0 spiro atoms. The summed E-state index contributed by atoms with van der Waals surface area (Å²) in [5.41, 5.74) is 2.78. The molecule has 1 N–H and O–H groups in total. The number of hydrogen-bond acceptors (Lipinski definition) is 3. The quantitative estimate of drug-likeness (QED) is 0.728. The molecule has 0 fully saturated rings. The first-order valence-electron chi connectivity index (χ1n) is 8.84. The van der Waals surface area contributed by atoms with Gasteiger partial charge in [0.25, 0.3) is 0 Å². The Kier molecular flexibility index (Phi) is 4.98. The SMILES string of the molecule is Cc1c(C(C)(C)C)nn(-c2ccccc2)c1NC(=O)CCc1ccco1. The lowest BCUT2D eigenvalue weighted by atomic mass is 9.90. The van der Waals surface area contributed by atoms with Crippen LogP contribution >= 0.6 is 0 Å². The van der Waals surface area contributed by atoms with Crippen LogP contribution in [0.3, 0.4) is 0 Å². The number of anilines is 1. The molecule has 3 aromatic rings. The van der Waals surface area contributed by atoms with E-state index in [-0.39, 0.29) is 11.3 Å². The van der Waals surface area contributed by atoms with E-state index in [1.54, 1.807) is 6.26 Å². The maximum atomic E-state index is 12.5. The lowest BCUT2D eigenvalue weighted by Crippen LogP contribution is -2.16. The van der Waals surface area contributed by atoms with Crippen LogP contribution < -0.4 is 5.32 Å². The second-order valence-electron chi connectivity index (χ2n) is 7.45. The summed E-state index contributed by atoms with van der Waals surface area (Å²) < 4.78 is 7.12. The minimum absolute atomic E-state index is 0.0537. The monoisotopic (exact) mass is 351 g/mol. The first-order valence-corrected chi connectivity index (χ1v) is 8.84. The molecule has 0 bridgehead atoms. The maximum absolute atomic E-state index is 12.5. The van der Waals surface area contributed by atoms with Crippen molar-refractivity contribution in [3.05, 3.63) is 65.7 Å². The zero-order chi connectivity index (χ0) is 18.7. The van der Waals surface area contributed by atoms with Gasteiger partial charge in [-0.15, -0.1) is 0 Å². The van der Waals surface area contributed by atoms with Crippen molar-refractivity contribution in [2.75, 3.05) is 5.32 Å². The lowest BCUT2D eigenvalue weighted by molar-refractivity contribution is -0.116. The zero-order valence-electron chi connectivity index (χ0n) is 15.7. The Hall–Kier alpha value is -2.82. The van der Waals surface area contributed by atoms with Gasteiger partial charge in [0.2, 0.25) is 5.91 Å². The van der Waals surface area contributed by atoms with E-state index in [0.29, 0.717) is 12.8 Å². The number of carbonyl (C=O) groups is 1. The van der Waals surface area contributed by atoms with Crippen LogP contribution in [0.4, 0.5) is 5.82 Å². The fraction of sp³-hybridized carbons (Fsp3) is 0.333. The van der Waals surface area contributed by atoms with Gasteiger partial charge in [-0.25, -0.2) is 4.68 Å². The van der Waals surface area contributed by atoms with Crippen LogP contribution in [-0.4, -0.2) is 15.7 Å². The number of aromatic nitrogens is 2. The summed E-state index contributed by atoms with van der Waals surface area (Å²) in [6.07, 6.45) is 2.55. The van der Waals surface area contributed by atoms with E-state index in [1.165, 1.54) is 0 Å². The molecule has 0 atom stereocenters. The van der Waals surface area contributed by atoms with Gasteiger partial charge in [-0.2, -0.15) is 5.10 Å². The molecule has 1 amide bonds. The number of nitrogens with one attached hydrogen (secondary N) is 1. The number of carbonyl (C=O) groups excluding carboxylic acids is 1. The van der Waals surface area contributed by atoms with Crippen molar-refractivity contribution in [3.63, 3.8) is 0 Å². The van der Waals surface area contributed by atoms with Gasteiger partial charge in [0.05, 0.1) is 17.6 Å². The van der Waals surface area contributed by atoms with Crippen LogP contribution in [0, 0.1) is 6.92 Å². The minimum Gasteiger partial charge on any atom is -0.469 e. The minimum atomic E-state index is -0.113. The molecule has 3 rings (SSSR count). The molecule has 0 unspecified atom stereocenters. The van der Waals surface area contributed by atoms with Gasteiger partial charge in [0.1, 0.15) is 11.6 Å². The van der Waals surface area contributed by atoms with Crippen LogP contribution in [0.2, 0.25) is 0 Å². The molecule has 5 heteroatoms. The summed E-state index contributed by atoms with van der Waals surface area (Å²) in [6, 6.07) is 13.6. The number of hydrogen-bond donors (Lipinski definition) is 1. The predicted octanol–water partition coefficient (Wildman–Crippen LogP) is 4.64. The molecule has 0 aliphatic carbocycles. The number of para-hydroxylation sites is 1. The molecule has 2 aromatic heterocycles. The molecule has 0 radical (unpaired) electrons. The summed E-state index contributed by atoms with van der Waals surface area (Å²) in [4.78, 5) is 12.5. The molecule has 0 aliphatic heterocycles. The number of rotatable bonds is 5. The molecule has 0 aliphatic rings. The standard InChI is InChI=1S/C21H25N3O2/c1-15-19(21(2,3)4)23-24(16-9-6-5-7-10-16)20(15)22-18(25)13-12-17-11-8-14-26-17/h5-11,14H,12-13H2,1-4H3,(H,22,25). The fourth-order valence-electron chi connectivity index (χ4n) is 3.00. The van der Waals surface area contributed by atoms with Crippen molar-refractivity contribution < 1.29 is 9.21 Å². The van der Waals surface area contributed by atoms with Gasteiger partial charge in [-0.05, 0) is 31.2 Å². The molecule has 26 heavy (non-hydrogen) atoms. The largest absolute Gasteiger partial charge is 0.469 e. The van der Waals surface area contributed by atoms with E-state index in [4.69, 9.17) is 9.52 Å². The van der Waals surface area contributed by atoms with Gasteiger partial charge >= 0.3 is 0 Å². The van der Waals surface area contributed by atoms with Crippen molar-refractivity contribution in [2.45, 2.75) is 46.0 Å². The van der Waals surface area contributed by atoms with Crippen LogP contribution in [0.1, 0.15) is 44.2 Å². The molecule has 0 saturated carbocycles. The summed E-state index contributed by atoms with van der Waals surface area (Å²) >= 11 is 0. The molecule has 0 saturated heterocycles. The Morgan fingerprint density at radius 1 is 1.15 bits per heavy atom. The third-order valence-electron chi connectivity index (χ3n) is 4.27. The van der Waals surface area contributed by atoms with Crippen molar-refractivity contribution in [2.24, 2.45) is 0 Å². The van der Waals surface area contributed by atoms with Crippen LogP contribution in [-0.2, 0) is 16.6 Å². The smallest absolute Gasteiger partial charge is 0.225 e.